The van der Waals surface area contributed by atoms with Crippen LogP contribution in [0.1, 0.15) is 18.2 Å². The summed E-state index contributed by atoms with van der Waals surface area (Å²) < 4.78 is 0. The molecule has 1 aromatic carbocycles. The molecule has 1 heterocycles. The van der Waals surface area contributed by atoms with E-state index in [1.165, 1.54) is 18.7 Å². The second-order valence-corrected chi connectivity index (χ2v) is 6.43. The largest absolute Gasteiger partial charge is 0.350 e. The fraction of sp³-hybridized carbons (Fsp3) is 0.278. The van der Waals surface area contributed by atoms with Gasteiger partial charge in [0.2, 0.25) is 5.91 Å². The number of rotatable bonds is 7. The van der Waals surface area contributed by atoms with E-state index in [1.807, 2.05) is 48.5 Å². The van der Waals surface area contributed by atoms with Crippen molar-refractivity contribution in [2.45, 2.75) is 19.9 Å². The summed E-state index contributed by atoms with van der Waals surface area (Å²) in [5.41, 5.74) is 1.91. The quantitative estimate of drug-likeness (QED) is 0.849. The Morgan fingerprint density at radius 3 is 2.52 bits per heavy atom. The number of benzene rings is 1. The Kier molecular flexibility index (Phi) is 6.81. The molecule has 23 heavy (non-hydrogen) atoms. The molecule has 2 aromatic rings. The van der Waals surface area contributed by atoms with Crippen molar-refractivity contribution in [3.8, 4) is 0 Å². The lowest BCUT2D eigenvalue weighted by molar-refractivity contribution is -0.124. The van der Waals surface area contributed by atoms with Crippen molar-refractivity contribution in [1.82, 2.24) is 10.3 Å². The molecule has 5 heteroatoms. The van der Waals surface area contributed by atoms with E-state index in [9.17, 15) is 9.59 Å². The molecule has 2 rings (SSSR count). The van der Waals surface area contributed by atoms with Gasteiger partial charge in [-0.15, -0.1) is 0 Å². The molecular formula is C18H20N2O2S. The molecule has 0 radical (unpaired) electrons. The van der Waals surface area contributed by atoms with Crippen LogP contribution in [0.5, 0.6) is 0 Å². The summed E-state index contributed by atoms with van der Waals surface area (Å²) in [7, 11) is 0. The zero-order valence-corrected chi connectivity index (χ0v) is 13.9. The van der Waals surface area contributed by atoms with Crippen molar-refractivity contribution in [3.63, 3.8) is 0 Å². The summed E-state index contributed by atoms with van der Waals surface area (Å²) in [6.45, 7) is 1.92. The number of hydrogen-bond donors (Lipinski definition) is 1. The molecule has 0 aliphatic carbocycles. The number of pyridine rings is 1. The molecule has 0 spiro atoms. The minimum atomic E-state index is -0.241. The minimum absolute atomic E-state index is 0.0283. The van der Waals surface area contributed by atoms with Crippen LogP contribution in [0.25, 0.3) is 0 Å². The van der Waals surface area contributed by atoms with Crippen molar-refractivity contribution in [3.05, 3.63) is 66.0 Å². The van der Waals surface area contributed by atoms with Gasteiger partial charge >= 0.3 is 0 Å². The van der Waals surface area contributed by atoms with Crippen molar-refractivity contribution in [1.29, 1.82) is 0 Å². The summed E-state index contributed by atoms with van der Waals surface area (Å²) in [5.74, 6) is 0.196. The molecule has 0 fully saturated rings. The molecule has 0 saturated heterocycles. The van der Waals surface area contributed by atoms with Crippen molar-refractivity contribution < 1.29 is 9.59 Å². The highest BCUT2D eigenvalue weighted by Gasteiger charge is 2.20. The smallest absolute Gasteiger partial charge is 0.224 e. The monoisotopic (exact) mass is 328 g/mol. The molecule has 1 unspecified atom stereocenters. The van der Waals surface area contributed by atoms with E-state index in [0.29, 0.717) is 18.7 Å². The highest BCUT2D eigenvalue weighted by Crippen LogP contribution is 2.16. The highest BCUT2D eigenvalue weighted by molar-refractivity contribution is 8.13. The van der Waals surface area contributed by atoms with Gasteiger partial charge in [-0.1, -0.05) is 48.2 Å². The lowest BCUT2D eigenvalue weighted by Gasteiger charge is -2.16. The Hall–Kier alpha value is -2.14. The number of carbonyl (C=O) groups excluding carboxylic acids is 2. The first kappa shape index (κ1) is 17.2. The molecule has 1 N–H and O–H groups in total. The molecule has 0 aliphatic heterocycles. The predicted octanol–water partition coefficient (Wildman–Crippen LogP) is 2.84. The van der Waals surface area contributed by atoms with Crippen LogP contribution >= 0.6 is 11.8 Å². The van der Waals surface area contributed by atoms with Gasteiger partial charge in [-0.25, -0.2) is 0 Å². The van der Waals surface area contributed by atoms with Crippen LogP contribution in [-0.2, 0) is 22.6 Å². The van der Waals surface area contributed by atoms with Gasteiger partial charge in [0, 0.05) is 18.9 Å². The molecular weight excluding hydrogens is 308 g/mol. The molecule has 1 amide bonds. The molecule has 0 bridgehead atoms. The van der Waals surface area contributed by atoms with Crippen molar-refractivity contribution in [2.75, 3.05) is 5.75 Å². The van der Waals surface area contributed by atoms with E-state index in [-0.39, 0.29) is 16.9 Å². The Morgan fingerprint density at radius 2 is 1.87 bits per heavy atom. The second kappa shape index (κ2) is 9.10. The van der Waals surface area contributed by atoms with Crippen LogP contribution in [0, 0.1) is 5.92 Å². The SMILES string of the molecule is CC(=O)SCC(Cc1ccccc1)C(=O)NCc1ccccn1. The molecule has 120 valence electrons. The van der Waals surface area contributed by atoms with Crippen LogP contribution < -0.4 is 5.32 Å². The maximum absolute atomic E-state index is 12.5. The summed E-state index contributed by atoms with van der Waals surface area (Å²) in [6.07, 6.45) is 2.32. The number of thioether (sulfide) groups is 1. The van der Waals surface area contributed by atoms with Crippen molar-refractivity contribution >= 4 is 22.8 Å². The fourth-order valence-corrected chi connectivity index (χ4v) is 2.87. The lowest BCUT2D eigenvalue weighted by atomic mass is 10.0. The first-order valence-electron chi connectivity index (χ1n) is 7.50. The summed E-state index contributed by atoms with van der Waals surface area (Å²) in [4.78, 5) is 27.9. The van der Waals surface area contributed by atoms with Crippen LogP contribution in [0.15, 0.2) is 54.7 Å². The predicted molar refractivity (Wildman–Crippen MR) is 92.9 cm³/mol. The van der Waals surface area contributed by atoms with Crippen LogP contribution in [0.2, 0.25) is 0 Å². The van der Waals surface area contributed by atoms with Crippen LogP contribution in [0.3, 0.4) is 0 Å². The van der Waals surface area contributed by atoms with Gasteiger partial charge in [-0.2, -0.15) is 0 Å². The van der Waals surface area contributed by atoms with Gasteiger partial charge in [0.15, 0.2) is 5.12 Å². The van der Waals surface area contributed by atoms with E-state index >= 15 is 0 Å². The molecule has 4 nitrogen and oxygen atoms in total. The third kappa shape index (κ3) is 6.24. The Balaban J connectivity index is 1.97. The van der Waals surface area contributed by atoms with E-state index < -0.39 is 0 Å². The standard InChI is InChI=1S/C18H20N2O2S/c1-14(21)23-13-16(11-15-7-3-2-4-8-15)18(22)20-12-17-9-5-6-10-19-17/h2-10,16H,11-13H2,1H3,(H,20,22). The normalized spacial score (nSPS) is 11.7. The number of hydrogen-bond acceptors (Lipinski definition) is 4. The van der Waals surface area contributed by atoms with E-state index in [2.05, 4.69) is 10.3 Å². The van der Waals surface area contributed by atoms with Crippen LogP contribution in [-0.4, -0.2) is 21.8 Å². The van der Waals surface area contributed by atoms with Gasteiger partial charge in [-0.3, -0.25) is 14.6 Å². The Labute approximate surface area is 140 Å². The van der Waals surface area contributed by atoms with Gasteiger partial charge in [0.05, 0.1) is 18.2 Å². The molecule has 0 saturated carbocycles. The first-order valence-corrected chi connectivity index (χ1v) is 8.48. The molecule has 0 aliphatic rings. The number of amides is 1. The molecule has 1 aromatic heterocycles. The minimum Gasteiger partial charge on any atom is -0.350 e. The lowest BCUT2D eigenvalue weighted by Crippen LogP contribution is -2.33. The first-order chi connectivity index (χ1) is 11.1. The second-order valence-electron chi connectivity index (χ2n) is 5.23. The summed E-state index contributed by atoms with van der Waals surface area (Å²) in [5, 5.41) is 2.95. The topological polar surface area (TPSA) is 59.1 Å². The number of carbonyl (C=O) groups is 2. The number of nitrogens with zero attached hydrogens (tertiary/aromatic N) is 1. The third-order valence-electron chi connectivity index (χ3n) is 3.35. The average molecular weight is 328 g/mol. The van der Waals surface area contributed by atoms with Gasteiger partial charge in [-0.05, 0) is 24.1 Å². The highest BCUT2D eigenvalue weighted by atomic mass is 32.2. The fourth-order valence-electron chi connectivity index (χ4n) is 2.17. The number of aromatic nitrogens is 1. The van der Waals surface area contributed by atoms with Gasteiger partial charge in [0.25, 0.3) is 0 Å². The third-order valence-corrected chi connectivity index (χ3v) is 4.33. The van der Waals surface area contributed by atoms with Gasteiger partial charge < -0.3 is 5.32 Å². The van der Waals surface area contributed by atoms with Gasteiger partial charge in [0.1, 0.15) is 0 Å². The van der Waals surface area contributed by atoms with Crippen LogP contribution in [0.4, 0.5) is 0 Å². The summed E-state index contributed by atoms with van der Waals surface area (Å²) in [6, 6.07) is 15.5. The summed E-state index contributed by atoms with van der Waals surface area (Å²) >= 11 is 1.19. The Bertz CT molecular complexity index is 632. The van der Waals surface area contributed by atoms with Crippen molar-refractivity contribution in [2.24, 2.45) is 5.92 Å². The number of nitrogens with one attached hydrogen (secondary N) is 1. The maximum Gasteiger partial charge on any atom is 0.224 e. The van der Waals surface area contributed by atoms with E-state index in [4.69, 9.17) is 0 Å². The maximum atomic E-state index is 12.5. The zero-order chi connectivity index (χ0) is 16.5. The molecule has 1 atom stereocenters. The Morgan fingerprint density at radius 1 is 1.13 bits per heavy atom. The average Bonchev–Trinajstić information content (AvgIpc) is 2.58. The van der Waals surface area contributed by atoms with E-state index in [0.717, 1.165) is 11.3 Å². The van der Waals surface area contributed by atoms with E-state index in [1.54, 1.807) is 6.20 Å². The zero-order valence-electron chi connectivity index (χ0n) is 13.1.